The van der Waals surface area contributed by atoms with Crippen molar-refractivity contribution in [2.75, 3.05) is 7.11 Å². The molecule has 1 aromatic carbocycles. The third-order valence-corrected chi connectivity index (χ3v) is 3.89. The van der Waals surface area contributed by atoms with Gasteiger partial charge < -0.3 is 15.5 Å². The zero-order chi connectivity index (χ0) is 18.1. The number of ether oxygens (including phenoxy) is 1. The van der Waals surface area contributed by atoms with Crippen molar-refractivity contribution in [3.63, 3.8) is 0 Å². The molecule has 0 fully saturated rings. The van der Waals surface area contributed by atoms with Crippen molar-refractivity contribution in [1.82, 2.24) is 19.5 Å². The summed E-state index contributed by atoms with van der Waals surface area (Å²) in [5.41, 5.74) is 6.60. The molecule has 0 atom stereocenters. The van der Waals surface area contributed by atoms with Crippen molar-refractivity contribution in [1.29, 1.82) is 0 Å². The third-order valence-electron chi connectivity index (χ3n) is 3.89. The number of H-pyrrole nitrogens is 1. The van der Waals surface area contributed by atoms with Crippen LogP contribution in [0.15, 0.2) is 29.1 Å². The molecule has 1 amide bonds. The van der Waals surface area contributed by atoms with E-state index >= 15 is 0 Å². The molecule has 0 saturated carbocycles. The number of nitrogens with two attached hydrogens (primary N) is 1. The SMILES string of the molecule is COc1ccc(Cn2c(=O)[nH]c3c(C(N)=O)nc(C(C)C)nc32)cc1. The van der Waals surface area contributed by atoms with E-state index in [-0.39, 0.29) is 22.8 Å². The molecule has 2 aromatic heterocycles. The Morgan fingerprint density at radius 1 is 1.28 bits per heavy atom. The molecule has 8 nitrogen and oxygen atoms in total. The molecular formula is C17H19N5O3. The quantitative estimate of drug-likeness (QED) is 0.727. The average Bonchev–Trinajstić information content (AvgIpc) is 2.90. The number of primary amides is 1. The van der Waals surface area contributed by atoms with Gasteiger partial charge in [0, 0.05) is 5.92 Å². The van der Waals surface area contributed by atoms with Crippen LogP contribution in [-0.2, 0) is 6.54 Å². The Kier molecular flexibility index (Phi) is 4.26. The Bertz CT molecular complexity index is 986. The van der Waals surface area contributed by atoms with E-state index in [1.54, 1.807) is 7.11 Å². The van der Waals surface area contributed by atoms with Gasteiger partial charge >= 0.3 is 5.69 Å². The number of aromatic nitrogens is 4. The van der Waals surface area contributed by atoms with Gasteiger partial charge in [-0.1, -0.05) is 26.0 Å². The van der Waals surface area contributed by atoms with Crippen LogP contribution in [0.2, 0.25) is 0 Å². The predicted octanol–water partition coefficient (Wildman–Crippen LogP) is 1.40. The summed E-state index contributed by atoms with van der Waals surface area (Å²) >= 11 is 0. The summed E-state index contributed by atoms with van der Waals surface area (Å²) in [5, 5.41) is 0. The lowest BCUT2D eigenvalue weighted by Crippen LogP contribution is -2.18. The zero-order valence-electron chi connectivity index (χ0n) is 14.2. The summed E-state index contributed by atoms with van der Waals surface area (Å²) < 4.78 is 6.61. The molecule has 130 valence electrons. The van der Waals surface area contributed by atoms with Gasteiger partial charge in [-0.05, 0) is 17.7 Å². The van der Waals surface area contributed by atoms with Crippen LogP contribution >= 0.6 is 0 Å². The highest BCUT2D eigenvalue weighted by molar-refractivity contribution is 6.01. The van der Waals surface area contributed by atoms with Crippen LogP contribution in [0.1, 0.15) is 41.6 Å². The van der Waals surface area contributed by atoms with Gasteiger partial charge in [0.25, 0.3) is 5.91 Å². The Morgan fingerprint density at radius 3 is 2.52 bits per heavy atom. The molecule has 2 heterocycles. The van der Waals surface area contributed by atoms with Crippen LogP contribution in [0.5, 0.6) is 5.75 Å². The lowest BCUT2D eigenvalue weighted by Gasteiger charge is -2.08. The van der Waals surface area contributed by atoms with E-state index in [4.69, 9.17) is 10.5 Å². The molecular weight excluding hydrogens is 322 g/mol. The molecule has 0 aliphatic heterocycles. The predicted molar refractivity (Wildman–Crippen MR) is 92.9 cm³/mol. The second-order valence-corrected chi connectivity index (χ2v) is 6.01. The number of aromatic amines is 1. The number of nitrogens with zero attached hydrogens (tertiary/aromatic N) is 3. The maximum absolute atomic E-state index is 12.4. The minimum absolute atomic E-state index is 0.0121. The number of nitrogens with one attached hydrogen (secondary N) is 1. The third kappa shape index (κ3) is 3.10. The maximum Gasteiger partial charge on any atom is 0.328 e. The fraction of sp³-hybridized carbons (Fsp3) is 0.294. The first-order valence-electron chi connectivity index (χ1n) is 7.84. The van der Waals surface area contributed by atoms with Gasteiger partial charge in [0.05, 0.1) is 13.7 Å². The van der Waals surface area contributed by atoms with Gasteiger partial charge in [-0.15, -0.1) is 0 Å². The molecule has 0 spiro atoms. The highest BCUT2D eigenvalue weighted by atomic mass is 16.5. The van der Waals surface area contributed by atoms with E-state index in [1.165, 1.54) is 4.57 Å². The number of carbonyl (C=O) groups excluding carboxylic acids is 1. The highest BCUT2D eigenvalue weighted by Crippen LogP contribution is 2.18. The molecule has 0 radical (unpaired) electrons. The Balaban J connectivity index is 2.15. The van der Waals surface area contributed by atoms with Gasteiger partial charge in [0.15, 0.2) is 11.3 Å². The summed E-state index contributed by atoms with van der Waals surface area (Å²) in [4.78, 5) is 35.4. The van der Waals surface area contributed by atoms with Gasteiger partial charge in [0.1, 0.15) is 17.1 Å². The van der Waals surface area contributed by atoms with E-state index < -0.39 is 5.91 Å². The van der Waals surface area contributed by atoms with Gasteiger partial charge in [-0.25, -0.2) is 14.8 Å². The normalized spacial score (nSPS) is 11.2. The highest BCUT2D eigenvalue weighted by Gasteiger charge is 2.19. The minimum Gasteiger partial charge on any atom is -0.497 e. The molecule has 8 heteroatoms. The number of rotatable bonds is 5. The Morgan fingerprint density at radius 2 is 1.96 bits per heavy atom. The van der Waals surface area contributed by atoms with Gasteiger partial charge in [0.2, 0.25) is 0 Å². The fourth-order valence-corrected chi connectivity index (χ4v) is 2.54. The number of fused-ring (bicyclic) bond motifs is 1. The molecule has 3 rings (SSSR count). The molecule has 0 bridgehead atoms. The van der Waals surface area contributed by atoms with Crippen molar-refractivity contribution in [2.24, 2.45) is 5.73 Å². The number of amides is 1. The lowest BCUT2D eigenvalue weighted by molar-refractivity contribution is 0.0996. The molecule has 0 aliphatic rings. The summed E-state index contributed by atoms with van der Waals surface area (Å²) in [6.45, 7) is 4.12. The standard InChI is InChI=1S/C17H19N5O3/c1-9(2)15-19-12(14(18)23)13-16(21-15)22(17(24)20-13)8-10-4-6-11(25-3)7-5-10/h4-7,9H,8H2,1-3H3,(H2,18,23)(H,20,24). The van der Waals surface area contributed by atoms with E-state index in [1.807, 2.05) is 38.1 Å². The van der Waals surface area contributed by atoms with Crippen LogP contribution < -0.4 is 16.2 Å². The summed E-state index contributed by atoms with van der Waals surface area (Å²) in [7, 11) is 1.59. The fourth-order valence-electron chi connectivity index (χ4n) is 2.54. The van der Waals surface area contributed by atoms with E-state index in [2.05, 4.69) is 15.0 Å². The zero-order valence-corrected chi connectivity index (χ0v) is 14.2. The molecule has 25 heavy (non-hydrogen) atoms. The topological polar surface area (TPSA) is 116 Å². The van der Waals surface area contributed by atoms with Crippen molar-refractivity contribution < 1.29 is 9.53 Å². The average molecular weight is 341 g/mol. The van der Waals surface area contributed by atoms with Gasteiger partial charge in [-0.2, -0.15) is 0 Å². The molecule has 0 saturated heterocycles. The molecule has 3 N–H and O–H groups in total. The second kappa shape index (κ2) is 6.39. The van der Waals surface area contributed by atoms with E-state index in [0.29, 0.717) is 18.0 Å². The first-order chi connectivity index (χ1) is 11.9. The van der Waals surface area contributed by atoms with Gasteiger partial charge in [-0.3, -0.25) is 9.36 Å². The largest absolute Gasteiger partial charge is 0.497 e. The second-order valence-electron chi connectivity index (χ2n) is 6.01. The maximum atomic E-state index is 12.4. The number of carbonyl (C=O) groups is 1. The number of hydrogen-bond donors (Lipinski definition) is 2. The number of imidazole rings is 1. The van der Waals surface area contributed by atoms with Crippen LogP contribution in [-0.4, -0.2) is 32.5 Å². The van der Waals surface area contributed by atoms with E-state index in [0.717, 1.165) is 11.3 Å². The molecule has 0 aliphatic carbocycles. The lowest BCUT2D eigenvalue weighted by atomic mass is 10.2. The van der Waals surface area contributed by atoms with Crippen molar-refractivity contribution >= 4 is 17.1 Å². The van der Waals surface area contributed by atoms with Crippen molar-refractivity contribution in [3.05, 3.63) is 51.8 Å². The van der Waals surface area contributed by atoms with Crippen LogP contribution in [0.3, 0.4) is 0 Å². The van der Waals surface area contributed by atoms with Crippen LogP contribution in [0, 0.1) is 0 Å². The number of benzene rings is 1. The first-order valence-corrected chi connectivity index (χ1v) is 7.84. The van der Waals surface area contributed by atoms with Crippen LogP contribution in [0.4, 0.5) is 0 Å². The molecule has 0 unspecified atom stereocenters. The minimum atomic E-state index is -0.702. The molecule has 3 aromatic rings. The van der Waals surface area contributed by atoms with E-state index in [9.17, 15) is 9.59 Å². The Hall–Kier alpha value is -3.16. The van der Waals surface area contributed by atoms with Crippen molar-refractivity contribution in [2.45, 2.75) is 26.3 Å². The summed E-state index contributed by atoms with van der Waals surface area (Å²) in [6, 6.07) is 7.37. The number of hydrogen-bond acceptors (Lipinski definition) is 5. The summed E-state index contributed by atoms with van der Waals surface area (Å²) in [6.07, 6.45) is 0. The summed E-state index contributed by atoms with van der Waals surface area (Å²) in [5.74, 6) is 0.480. The smallest absolute Gasteiger partial charge is 0.328 e. The first kappa shape index (κ1) is 16.7. The Labute approximate surface area is 143 Å². The van der Waals surface area contributed by atoms with Crippen LogP contribution in [0.25, 0.3) is 11.2 Å². The number of methoxy groups -OCH3 is 1. The monoisotopic (exact) mass is 341 g/mol. The van der Waals surface area contributed by atoms with Crippen molar-refractivity contribution in [3.8, 4) is 5.75 Å².